The lowest BCUT2D eigenvalue weighted by Gasteiger charge is -2.03. The van der Waals surface area contributed by atoms with Gasteiger partial charge in [0.2, 0.25) is 5.22 Å². The van der Waals surface area contributed by atoms with Crippen molar-refractivity contribution >= 4 is 23.3 Å². The largest absolute Gasteiger partial charge is 0.452 e. The van der Waals surface area contributed by atoms with Gasteiger partial charge in [0.15, 0.2) is 0 Å². The highest BCUT2D eigenvalue weighted by Crippen LogP contribution is 2.15. The summed E-state index contributed by atoms with van der Waals surface area (Å²) in [6, 6.07) is 1.51. The van der Waals surface area contributed by atoms with Gasteiger partial charge in [0.25, 0.3) is 5.91 Å². The summed E-state index contributed by atoms with van der Waals surface area (Å²) in [4.78, 5) is 11.5. The number of hydrogen-bond acceptors (Lipinski definition) is 4. The molecule has 0 bridgehead atoms. The number of oxime groups is 1. The molecule has 94 valence electrons. The van der Waals surface area contributed by atoms with E-state index in [0.717, 1.165) is 12.8 Å². The number of hydrogen-bond donors (Lipinski definition) is 3. The fraction of sp³-hybridized carbons (Fsp3) is 0.400. The van der Waals surface area contributed by atoms with Crippen molar-refractivity contribution in [3.63, 3.8) is 0 Å². The number of nitrogens with zero attached hydrogens (tertiary/aromatic N) is 1. The summed E-state index contributed by atoms with van der Waals surface area (Å²) in [6.45, 7) is 0.499. The van der Waals surface area contributed by atoms with Gasteiger partial charge in [-0.05, 0) is 30.5 Å². The molecule has 1 aromatic rings. The quantitative estimate of drug-likeness (QED) is 0.237. The second kappa shape index (κ2) is 6.80. The molecule has 0 aliphatic heterocycles. The molecular weight excluding hydrogens is 246 g/mol. The van der Waals surface area contributed by atoms with Gasteiger partial charge in [-0.1, -0.05) is 5.16 Å². The highest BCUT2D eigenvalue weighted by Gasteiger charge is 2.11. The first-order chi connectivity index (χ1) is 8.15. The summed E-state index contributed by atoms with van der Waals surface area (Å²) < 4.78 is 4.80. The number of amidine groups is 1. The van der Waals surface area contributed by atoms with Crippen LogP contribution in [0.1, 0.15) is 29.6 Å². The second-order valence-corrected chi connectivity index (χ2v) is 3.76. The van der Waals surface area contributed by atoms with Gasteiger partial charge >= 0.3 is 0 Å². The molecule has 0 atom stereocenters. The number of amides is 1. The minimum Gasteiger partial charge on any atom is -0.452 e. The fourth-order valence-corrected chi connectivity index (χ4v) is 1.43. The van der Waals surface area contributed by atoms with Crippen LogP contribution in [0, 0.1) is 0 Å². The molecule has 17 heavy (non-hydrogen) atoms. The predicted molar refractivity (Wildman–Crippen MR) is 63.3 cm³/mol. The van der Waals surface area contributed by atoms with Crippen LogP contribution in [0.4, 0.5) is 0 Å². The number of carbonyl (C=O) groups is 1. The minimum atomic E-state index is -0.271. The SMILES string of the molecule is N/C(CCCCNC(=O)c1ccoc1Cl)=N/O. The first kappa shape index (κ1) is 13.4. The lowest BCUT2D eigenvalue weighted by molar-refractivity contribution is 0.0952. The fourth-order valence-electron chi connectivity index (χ4n) is 1.23. The van der Waals surface area contributed by atoms with Crippen LogP contribution in [0.2, 0.25) is 5.22 Å². The molecule has 0 aliphatic rings. The van der Waals surface area contributed by atoms with Crippen LogP contribution < -0.4 is 11.1 Å². The predicted octanol–water partition coefficient (Wildman–Crippen LogP) is 1.58. The van der Waals surface area contributed by atoms with E-state index < -0.39 is 0 Å². The number of rotatable bonds is 6. The van der Waals surface area contributed by atoms with Crippen molar-refractivity contribution in [3.8, 4) is 0 Å². The van der Waals surface area contributed by atoms with Gasteiger partial charge in [-0.25, -0.2) is 0 Å². The van der Waals surface area contributed by atoms with Crippen molar-refractivity contribution in [3.05, 3.63) is 23.1 Å². The molecule has 7 heteroatoms. The third kappa shape index (κ3) is 4.36. The maximum Gasteiger partial charge on any atom is 0.256 e. The average Bonchev–Trinajstić information content (AvgIpc) is 2.74. The Morgan fingerprint density at radius 2 is 2.35 bits per heavy atom. The molecule has 0 fully saturated rings. The molecule has 0 saturated carbocycles. The van der Waals surface area contributed by atoms with Crippen LogP contribution in [-0.2, 0) is 0 Å². The molecule has 0 unspecified atom stereocenters. The third-order valence-electron chi connectivity index (χ3n) is 2.14. The standard InChI is InChI=1S/C10H14ClN3O3/c11-9-7(4-6-17-9)10(15)13-5-2-1-3-8(12)14-16/h4,6,16H,1-3,5H2,(H2,12,14)(H,13,15). The van der Waals surface area contributed by atoms with Crippen molar-refractivity contribution in [1.82, 2.24) is 5.32 Å². The average molecular weight is 260 g/mol. The first-order valence-corrected chi connectivity index (χ1v) is 5.50. The molecule has 0 aromatic carbocycles. The zero-order chi connectivity index (χ0) is 12.7. The number of halogens is 1. The molecule has 1 heterocycles. The highest BCUT2D eigenvalue weighted by molar-refractivity contribution is 6.32. The number of furan rings is 1. The summed E-state index contributed by atoms with van der Waals surface area (Å²) in [5.41, 5.74) is 5.62. The normalized spacial score (nSPS) is 11.5. The van der Waals surface area contributed by atoms with Gasteiger partial charge in [0.05, 0.1) is 11.8 Å². The van der Waals surface area contributed by atoms with E-state index in [1.807, 2.05) is 0 Å². The molecule has 0 spiro atoms. The van der Waals surface area contributed by atoms with Crippen molar-refractivity contribution < 1.29 is 14.4 Å². The van der Waals surface area contributed by atoms with E-state index in [1.165, 1.54) is 12.3 Å². The number of nitrogens with one attached hydrogen (secondary N) is 1. The molecule has 6 nitrogen and oxygen atoms in total. The van der Waals surface area contributed by atoms with E-state index in [2.05, 4.69) is 10.5 Å². The molecule has 1 rings (SSSR count). The Morgan fingerprint density at radius 1 is 1.59 bits per heavy atom. The summed E-state index contributed by atoms with van der Waals surface area (Å²) in [6.07, 6.45) is 3.32. The van der Waals surface area contributed by atoms with Crippen molar-refractivity contribution in [1.29, 1.82) is 0 Å². The zero-order valence-electron chi connectivity index (χ0n) is 9.15. The summed E-state index contributed by atoms with van der Waals surface area (Å²) in [5.74, 6) is -0.0817. The Morgan fingerprint density at radius 3 is 2.94 bits per heavy atom. The highest BCUT2D eigenvalue weighted by atomic mass is 35.5. The van der Waals surface area contributed by atoms with Crippen molar-refractivity contribution in [2.45, 2.75) is 19.3 Å². The van der Waals surface area contributed by atoms with E-state index in [-0.39, 0.29) is 17.0 Å². The van der Waals surface area contributed by atoms with E-state index in [9.17, 15) is 4.79 Å². The van der Waals surface area contributed by atoms with E-state index in [0.29, 0.717) is 18.5 Å². The molecule has 0 saturated heterocycles. The number of unbranched alkanes of at least 4 members (excludes halogenated alkanes) is 1. The van der Waals surface area contributed by atoms with Crippen molar-refractivity contribution in [2.24, 2.45) is 10.9 Å². The zero-order valence-corrected chi connectivity index (χ0v) is 9.91. The topological polar surface area (TPSA) is 101 Å². The first-order valence-electron chi connectivity index (χ1n) is 5.12. The molecule has 0 radical (unpaired) electrons. The van der Waals surface area contributed by atoms with Crippen LogP contribution in [-0.4, -0.2) is 23.5 Å². The monoisotopic (exact) mass is 259 g/mol. The number of carbonyl (C=O) groups excluding carboxylic acids is 1. The van der Waals surface area contributed by atoms with Crippen LogP contribution in [0.5, 0.6) is 0 Å². The van der Waals surface area contributed by atoms with E-state index in [1.54, 1.807) is 0 Å². The second-order valence-electron chi connectivity index (χ2n) is 3.41. The molecule has 0 aliphatic carbocycles. The summed E-state index contributed by atoms with van der Waals surface area (Å²) >= 11 is 5.65. The molecular formula is C10H14ClN3O3. The van der Waals surface area contributed by atoms with E-state index >= 15 is 0 Å². The van der Waals surface area contributed by atoms with Gasteiger partial charge in [-0.15, -0.1) is 0 Å². The van der Waals surface area contributed by atoms with Gasteiger partial charge in [-0.3, -0.25) is 4.79 Å². The lowest BCUT2D eigenvalue weighted by Crippen LogP contribution is -2.24. The Hall–Kier alpha value is -1.69. The van der Waals surface area contributed by atoms with Crippen LogP contribution in [0.3, 0.4) is 0 Å². The third-order valence-corrected chi connectivity index (χ3v) is 2.43. The maximum atomic E-state index is 11.5. The molecule has 1 aromatic heterocycles. The Labute approximate surface area is 103 Å². The summed E-state index contributed by atoms with van der Waals surface area (Å²) in [7, 11) is 0. The lowest BCUT2D eigenvalue weighted by atomic mass is 10.2. The Balaban J connectivity index is 2.20. The van der Waals surface area contributed by atoms with Crippen LogP contribution in [0.15, 0.2) is 21.9 Å². The van der Waals surface area contributed by atoms with Gasteiger partial charge in [-0.2, -0.15) is 0 Å². The van der Waals surface area contributed by atoms with Gasteiger partial charge in [0, 0.05) is 13.0 Å². The number of nitrogens with two attached hydrogens (primary N) is 1. The van der Waals surface area contributed by atoms with E-state index in [4.69, 9.17) is 27.0 Å². The van der Waals surface area contributed by atoms with Gasteiger partial charge < -0.3 is 20.7 Å². The maximum absolute atomic E-state index is 11.5. The Bertz CT molecular complexity index is 403. The van der Waals surface area contributed by atoms with Crippen LogP contribution >= 0.6 is 11.6 Å². The smallest absolute Gasteiger partial charge is 0.256 e. The van der Waals surface area contributed by atoms with Crippen LogP contribution in [0.25, 0.3) is 0 Å². The van der Waals surface area contributed by atoms with Crippen molar-refractivity contribution in [2.75, 3.05) is 6.54 Å². The Kier molecular flexibility index (Phi) is 5.35. The molecule has 4 N–H and O–H groups in total. The summed E-state index contributed by atoms with van der Waals surface area (Å²) in [5, 5.41) is 13.9. The molecule has 1 amide bonds. The minimum absolute atomic E-state index is 0.0826. The van der Waals surface area contributed by atoms with Gasteiger partial charge in [0.1, 0.15) is 5.84 Å².